The van der Waals surface area contributed by atoms with Crippen LogP contribution in [-0.2, 0) is 0 Å². The van der Waals surface area contributed by atoms with Gasteiger partial charge < -0.3 is 5.32 Å². The quantitative estimate of drug-likeness (QED) is 0.724. The van der Waals surface area contributed by atoms with E-state index in [4.69, 9.17) is 0 Å². The zero-order valence-electron chi connectivity index (χ0n) is 12.6. The van der Waals surface area contributed by atoms with Crippen molar-refractivity contribution < 1.29 is 0 Å². The van der Waals surface area contributed by atoms with Crippen LogP contribution in [0.25, 0.3) is 0 Å². The monoisotopic (exact) mass is 343 g/mol. The molecule has 0 aliphatic heterocycles. The van der Waals surface area contributed by atoms with Gasteiger partial charge in [-0.1, -0.05) is 27.2 Å². The molecule has 1 aliphatic carbocycles. The van der Waals surface area contributed by atoms with Crippen molar-refractivity contribution in [1.82, 2.24) is 5.32 Å². The summed E-state index contributed by atoms with van der Waals surface area (Å²) in [4.78, 5) is 2.91. The Morgan fingerprint density at radius 1 is 1.53 bits per heavy atom. The molecule has 1 heterocycles. The Bertz CT molecular complexity index is 424. The minimum Gasteiger partial charge on any atom is -0.309 e. The van der Waals surface area contributed by atoms with E-state index < -0.39 is 0 Å². The molecular weight excluding hydrogens is 318 g/mol. The third kappa shape index (κ3) is 3.43. The molecule has 1 saturated carbocycles. The number of thiophene rings is 1. The van der Waals surface area contributed by atoms with Crippen molar-refractivity contribution in [1.29, 1.82) is 0 Å². The zero-order valence-corrected chi connectivity index (χ0v) is 15.0. The molecule has 0 spiro atoms. The molecule has 1 aromatic rings. The SMILES string of the molecule is CCCNC(c1sc(C)cc1Br)C1CCCC1(C)C. The summed E-state index contributed by atoms with van der Waals surface area (Å²) in [5, 5.41) is 3.82. The molecule has 1 nitrogen and oxygen atoms in total. The van der Waals surface area contributed by atoms with E-state index in [1.54, 1.807) is 0 Å². The largest absolute Gasteiger partial charge is 0.309 e. The fourth-order valence-corrected chi connectivity index (χ4v) is 5.44. The van der Waals surface area contributed by atoms with Gasteiger partial charge in [0.05, 0.1) is 0 Å². The van der Waals surface area contributed by atoms with Crippen LogP contribution in [0.15, 0.2) is 10.5 Å². The number of aryl methyl sites for hydroxylation is 1. The molecule has 1 N–H and O–H groups in total. The van der Waals surface area contributed by atoms with Crippen molar-refractivity contribution in [2.75, 3.05) is 6.54 Å². The lowest BCUT2D eigenvalue weighted by Crippen LogP contribution is -2.34. The molecule has 3 heteroatoms. The predicted octanol–water partition coefficient (Wildman–Crippen LogP) is 5.69. The lowest BCUT2D eigenvalue weighted by atomic mass is 9.77. The molecule has 1 aliphatic rings. The van der Waals surface area contributed by atoms with Gasteiger partial charge in [-0.3, -0.25) is 0 Å². The minimum atomic E-state index is 0.461. The van der Waals surface area contributed by atoms with Crippen molar-refractivity contribution >= 4 is 27.3 Å². The Hall–Kier alpha value is 0.140. The van der Waals surface area contributed by atoms with Crippen LogP contribution in [-0.4, -0.2) is 6.54 Å². The van der Waals surface area contributed by atoms with Gasteiger partial charge in [0.25, 0.3) is 0 Å². The van der Waals surface area contributed by atoms with Gasteiger partial charge in [0, 0.05) is 20.3 Å². The molecular formula is C16H26BrNS. The summed E-state index contributed by atoms with van der Waals surface area (Å²) in [6, 6.07) is 2.79. The Morgan fingerprint density at radius 2 is 2.26 bits per heavy atom. The second-order valence-corrected chi connectivity index (χ2v) is 8.63. The van der Waals surface area contributed by atoms with E-state index in [1.165, 1.54) is 39.9 Å². The first kappa shape index (κ1) is 15.5. The van der Waals surface area contributed by atoms with Crippen LogP contribution in [0, 0.1) is 18.3 Å². The molecule has 0 radical (unpaired) electrons. The Labute approximate surface area is 130 Å². The highest BCUT2D eigenvalue weighted by atomic mass is 79.9. The molecule has 108 valence electrons. The van der Waals surface area contributed by atoms with E-state index in [9.17, 15) is 0 Å². The average molecular weight is 344 g/mol. The second-order valence-electron chi connectivity index (χ2n) is 6.49. The smallest absolute Gasteiger partial charge is 0.0460 e. The standard InChI is InChI=1S/C16H26BrNS/c1-5-9-18-14(12-7-6-8-16(12,3)4)15-13(17)10-11(2)19-15/h10,12,14,18H,5-9H2,1-4H3. The van der Waals surface area contributed by atoms with Crippen molar-refractivity contribution in [2.24, 2.45) is 11.3 Å². The third-order valence-electron chi connectivity index (χ3n) is 4.48. The van der Waals surface area contributed by atoms with Crippen molar-refractivity contribution in [3.8, 4) is 0 Å². The number of rotatable bonds is 5. The van der Waals surface area contributed by atoms with Crippen LogP contribution in [0.4, 0.5) is 0 Å². The molecule has 0 bridgehead atoms. The number of nitrogens with one attached hydrogen (secondary N) is 1. The first-order valence-electron chi connectivity index (χ1n) is 7.45. The van der Waals surface area contributed by atoms with Crippen molar-refractivity contribution in [3.05, 3.63) is 20.3 Å². The van der Waals surface area contributed by atoms with Crippen molar-refractivity contribution in [2.45, 2.75) is 59.4 Å². The topological polar surface area (TPSA) is 12.0 Å². The van der Waals surface area contributed by atoms with Gasteiger partial charge in [0.2, 0.25) is 0 Å². The van der Waals surface area contributed by atoms with Gasteiger partial charge in [-0.15, -0.1) is 11.3 Å². The van der Waals surface area contributed by atoms with E-state index >= 15 is 0 Å². The van der Waals surface area contributed by atoms with Gasteiger partial charge in [0.1, 0.15) is 0 Å². The second kappa shape index (κ2) is 6.28. The van der Waals surface area contributed by atoms with Crippen LogP contribution < -0.4 is 5.32 Å². The van der Waals surface area contributed by atoms with E-state index in [2.05, 4.69) is 55.0 Å². The summed E-state index contributed by atoms with van der Waals surface area (Å²) in [5.41, 5.74) is 0.461. The van der Waals surface area contributed by atoms with Crippen LogP contribution in [0.3, 0.4) is 0 Å². The molecule has 1 aromatic heterocycles. The van der Waals surface area contributed by atoms with Gasteiger partial charge in [0.15, 0.2) is 0 Å². The van der Waals surface area contributed by atoms with E-state index in [1.807, 2.05) is 11.3 Å². The summed E-state index contributed by atoms with van der Waals surface area (Å²) in [7, 11) is 0. The minimum absolute atomic E-state index is 0.461. The highest BCUT2D eigenvalue weighted by Crippen LogP contribution is 2.50. The first-order valence-corrected chi connectivity index (χ1v) is 9.06. The maximum absolute atomic E-state index is 3.82. The fourth-order valence-electron chi connectivity index (χ4n) is 3.40. The van der Waals surface area contributed by atoms with E-state index in [0.29, 0.717) is 11.5 Å². The van der Waals surface area contributed by atoms with Gasteiger partial charge in [-0.05, 0) is 66.1 Å². The van der Waals surface area contributed by atoms with E-state index in [0.717, 1.165) is 12.5 Å². The highest BCUT2D eigenvalue weighted by Gasteiger charge is 2.40. The van der Waals surface area contributed by atoms with E-state index in [-0.39, 0.29) is 0 Å². The summed E-state index contributed by atoms with van der Waals surface area (Å²) < 4.78 is 1.30. The van der Waals surface area contributed by atoms with Gasteiger partial charge in [-0.25, -0.2) is 0 Å². The van der Waals surface area contributed by atoms with Gasteiger partial charge >= 0.3 is 0 Å². The summed E-state index contributed by atoms with van der Waals surface area (Å²) in [6.07, 6.45) is 5.30. The average Bonchev–Trinajstić information content (AvgIpc) is 2.83. The molecule has 2 rings (SSSR count). The summed E-state index contributed by atoms with van der Waals surface area (Å²) in [6.45, 7) is 10.5. The lowest BCUT2D eigenvalue weighted by molar-refractivity contribution is 0.199. The number of halogens is 1. The fraction of sp³-hybridized carbons (Fsp3) is 0.750. The van der Waals surface area contributed by atoms with Gasteiger partial charge in [-0.2, -0.15) is 0 Å². The molecule has 0 amide bonds. The maximum atomic E-state index is 3.82. The molecule has 2 atom stereocenters. The molecule has 1 fully saturated rings. The van der Waals surface area contributed by atoms with Crippen molar-refractivity contribution in [3.63, 3.8) is 0 Å². The Morgan fingerprint density at radius 3 is 2.74 bits per heavy atom. The predicted molar refractivity (Wildman–Crippen MR) is 88.9 cm³/mol. The van der Waals surface area contributed by atoms with Crippen LogP contribution in [0.1, 0.15) is 62.3 Å². The molecule has 19 heavy (non-hydrogen) atoms. The third-order valence-corrected chi connectivity index (χ3v) is 6.53. The Kier molecular flexibility index (Phi) is 5.13. The molecule has 0 aromatic carbocycles. The highest BCUT2D eigenvalue weighted by molar-refractivity contribution is 9.10. The maximum Gasteiger partial charge on any atom is 0.0460 e. The molecule has 2 unspecified atom stereocenters. The zero-order chi connectivity index (χ0) is 14.0. The number of hydrogen-bond donors (Lipinski definition) is 1. The van der Waals surface area contributed by atoms with Crippen LogP contribution in [0.5, 0.6) is 0 Å². The first-order chi connectivity index (χ1) is 8.95. The Balaban J connectivity index is 2.28. The summed E-state index contributed by atoms with van der Waals surface area (Å²) >= 11 is 5.72. The molecule has 0 saturated heterocycles. The van der Waals surface area contributed by atoms with Crippen LogP contribution >= 0.6 is 27.3 Å². The summed E-state index contributed by atoms with van der Waals surface area (Å²) in [5.74, 6) is 0.758. The lowest BCUT2D eigenvalue weighted by Gasteiger charge is -2.34. The normalized spacial score (nSPS) is 23.7. The number of hydrogen-bond acceptors (Lipinski definition) is 2. The van der Waals surface area contributed by atoms with Crippen LogP contribution in [0.2, 0.25) is 0 Å².